The molecule has 12 heavy (non-hydrogen) atoms. The van der Waals surface area contributed by atoms with Crippen molar-refractivity contribution in [2.45, 2.75) is 26.4 Å². The van der Waals surface area contributed by atoms with Gasteiger partial charge >= 0.3 is 0 Å². The van der Waals surface area contributed by atoms with Crippen molar-refractivity contribution < 1.29 is 9.50 Å². The molecule has 0 heterocycles. The van der Waals surface area contributed by atoms with Crippen molar-refractivity contribution in [3.63, 3.8) is 0 Å². The summed E-state index contributed by atoms with van der Waals surface area (Å²) in [4.78, 5) is 0. The average Bonchev–Trinajstić information content (AvgIpc) is 2.03. The normalized spacial score (nSPS) is 13.0. The molecule has 0 aromatic heterocycles. The van der Waals surface area contributed by atoms with Crippen LogP contribution >= 0.6 is 0 Å². The van der Waals surface area contributed by atoms with Crippen LogP contribution in [0.4, 0.5) is 4.39 Å². The van der Waals surface area contributed by atoms with Crippen LogP contribution in [0.25, 0.3) is 0 Å². The first-order valence-corrected chi connectivity index (χ1v) is 4.10. The molecule has 0 amide bonds. The van der Waals surface area contributed by atoms with Crippen LogP contribution in [0.3, 0.4) is 0 Å². The molecule has 1 atom stereocenters. The molecule has 0 aliphatic heterocycles. The van der Waals surface area contributed by atoms with E-state index in [0.29, 0.717) is 12.0 Å². The minimum Gasteiger partial charge on any atom is -0.388 e. The lowest BCUT2D eigenvalue weighted by Gasteiger charge is -2.11. The molecule has 2 heteroatoms. The Hall–Kier alpha value is -0.890. The molecular weight excluding hydrogens is 155 g/mol. The van der Waals surface area contributed by atoms with Crippen molar-refractivity contribution in [3.8, 4) is 0 Å². The van der Waals surface area contributed by atoms with E-state index in [-0.39, 0.29) is 5.82 Å². The number of halogens is 1. The molecular formula is C10H13FO. The van der Waals surface area contributed by atoms with Gasteiger partial charge in [0.15, 0.2) is 0 Å². The van der Waals surface area contributed by atoms with Gasteiger partial charge in [0.05, 0.1) is 6.10 Å². The third-order valence-corrected chi connectivity index (χ3v) is 1.99. The predicted octanol–water partition coefficient (Wildman–Crippen LogP) is 2.58. The highest BCUT2D eigenvalue weighted by Gasteiger charge is 2.12. The molecule has 0 saturated carbocycles. The minimum absolute atomic E-state index is 0.315. The van der Waals surface area contributed by atoms with Crippen molar-refractivity contribution in [1.29, 1.82) is 0 Å². The van der Waals surface area contributed by atoms with Gasteiger partial charge in [0.1, 0.15) is 5.82 Å². The highest BCUT2D eigenvalue weighted by molar-refractivity contribution is 5.29. The molecule has 0 radical (unpaired) electrons. The molecule has 0 unspecified atom stereocenters. The summed E-state index contributed by atoms with van der Waals surface area (Å²) in [6.45, 7) is 3.63. The van der Waals surface area contributed by atoms with Crippen LogP contribution in [0, 0.1) is 12.7 Å². The zero-order chi connectivity index (χ0) is 9.14. The monoisotopic (exact) mass is 168 g/mol. The molecule has 1 aromatic carbocycles. The van der Waals surface area contributed by atoms with Crippen LogP contribution < -0.4 is 0 Å². The van der Waals surface area contributed by atoms with Crippen LogP contribution in [-0.4, -0.2) is 5.11 Å². The molecule has 0 aliphatic rings. The van der Waals surface area contributed by atoms with Gasteiger partial charge in [0, 0.05) is 5.56 Å². The SMILES string of the molecule is CC[C@@H](O)c1c(C)cccc1F. The van der Waals surface area contributed by atoms with Crippen molar-refractivity contribution in [1.82, 2.24) is 0 Å². The summed E-state index contributed by atoms with van der Waals surface area (Å²) >= 11 is 0. The zero-order valence-electron chi connectivity index (χ0n) is 7.34. The first-order valence-electron chi connectivity index (χ1n) is 4.10. The third-order valence-electron chi connectivity index (χ3n) is 1.99. The highest BCUT2D eigenvalue weighted by atomic mass is 19.1. The highest BCUT2D eigenvalue weighted by Crippen LogP contribution is 2.22. The number of benzene rings is 1. The largest absolute Gasteiger partial charge is 0.388 e. The van der Waals surface area contributed by atoms with Gasteiger partial charge in [-0.3, -0.25) is 0 Å². The van der Waals surface area contributed by atoms with Crippen LogP contribution in [0.15, 0.2) is 18.2 Å². The van der Waals surface area contributed by atoms with E-state index < -0.39 is 6.10 Å². The number of rotatable bonds is 2. The summed E-state index contributed by atoms with van der Waals surface area (Å²) in [5.41, 5.74) is 1.24. The molecule has 1 nitrogen and oxygen atoms in total. The third kappa shape index (κ3) is 1.64. The standard InChI is InChI=1S/C10H13FO/c1-3-9(12)10-7(2)5-4-6-8(10)11/h4-6,9,12H,3H2,1-2H3/t9-/m1/s1. The fourth-order valence-corrected chi connectivity index (χ4v) is 1.27. The summed E-state index contributed by atoms with van der Waals surface area (Å²) in [7, 11) is 0. The first kappa shape index (κ1) is 9.20. The summed E-state index contributed by atoms with van der Waals surface area (Å²) in [5, 5.41) is 9.45. The summed E-state index contributed by atoms with van der Waals surface area (Å²) < 4.78 is 13.1. The Morgan fingerprint density at radius 3 is 2.67 bits per heavy atom. The quantitative estimate of drug-likeness (QED) is 0.719. The summed E-state index contributed by atoms with van der Waals surface area (Å²) in [5.74, 6) is -0.315. The molecule has 1 N–H and O–H groups in total. The van der Waals surface area contributed by atoms with Gasteiger partial charge in [0.25, 0.3) is 0 Å². The Kier molecular flexibility index (Phi) is 2.82. The molecule has 1 aromatic rings. The van der Waals surface area contributed by atoms with E-state index in [0.717, 1.165) is 5.56 Å². The topological polar surface area (TPSA) is 20.2 Å². The van der Waals surface area contributed by atoms with Crippen molar-refractivity contribution >= 4 is 0 Å². The van der Waals surface area contributed by atoms with Crippen LogP contribution in [0.2, 0.25) is 0 Å². The average molecular weight is 168 g/mol. The lowest BCUT2D eigenvalue weighted by molar-refractivity contribution is 0.168. The maximum atomic E-state index is 13.1. The van der Waals surface area contributed by atoms with Gasteiger partial charge in [-0.05, 0) is 25.0 Å². The maximum absolute atomic E-state index is 13.1. The van der Waals surface area contributed by atoms with E-state index in [4.69, 9.17) is 0 Å². The van der Waals surface area contributed by atoms with E-state index >= 15 is 0 Å². The van der Waals surface area contributed by atoms with Gasteiger partial charge in [-0.15, -0.1) is 0 Å². The molecule has 0 aliphatic carbocycles. The van der Waals surface area contributed by atoms with Crippen molar-refractivity contribution in [3.05, 3.63) is 35.1 Å². The van der Waals surface area contributed by atoms with E-state index in [1.807, 2.05) is 6.92 Å². The fraction of sp³-hybridized carbons (Fsp3) is 0.400. The Bertz CT molecular complexity index is 250. The Balaban J connectivity index is 3.12. The first-order chi connectivity index (χ1) is 5.66. The van der Waals surface area contributed by atoms with Crippen molar-refractivity contribution in [2.75, 3.05) is 0 Å². The van der Waals surface area contributed by atoms with Gasteiger partial charge < -0.3 is 5.11 Å². The lowest BCUT2D eigenvalue weighted by atomic mass is 10.0. The molecule has 66 valence electrons. The van der Waals surface area contributed by atoms with Crippen LogP contribution in [0.1, 0.15) is 30.6 Å². The van der Waals surface area contributed by atoms with E-state index in [1.54, 1.807) is 19.1 Å². The van der Waals surface area contributed by atoms with Gasteiger partial charge in [-0.1, -0.05) is 19.1 Å². The Morgan fingerprint density at radius 2 is 2.17 bits per heavy atom. The second-order valence-corrected chi connectivity index (χ2v) is 2.89. The smallest absolute Gasteiger partial charge is 0.129 e. The number of aliphatic hydroxyl groups is 1. The molecule has 0 saturated heterocycles. The van der Waals surface area contributed by atoms with E-state index in [9.17, 15) is 9.50 Å². The van der Waals surface area contributed by atoms with Gasteiger partial charge in [0.2, 0.25) is 0 Å². The molecule has 0 fully saturated rings. The zero-order valence-corrected chi connectivity index (χ0v) is 7.34. The Labute approximate surface area is 71.9 Å². The van der Waals surface area contributed by atoms with Crippen molar-refractivity contribution in [2.24, 2.45) is 0 Å². The number of aryl methyl sites for hydroxylation is 1. The number of hydrogen-bond acceptors (Lipinski definition) is 1. The second-order valence-electron chi connectivity index (χ2n) is 2.89. The second kappa shape index (κ2) is 3.68. The summed E-state index contributed by atoms with van der Waals surface area (Å²) in [6.07, 6.45) is -0.131. The predicted molar refractivity (Wildman–Crippen MR) is 46.4 cm³/mol. The number of hydrogen-bond donors (Lipinski definition) is 1. The molecule has 0 spiro atoms. The molecule has 0 bridgehead atoms. The fourth-order valence-electron chi connectivity index (χ4n) is 1.27. The van der Waals surface area contributed by atoms with E-state index in [1.165, 1.54) is 6.07 Å². The van der Waals surface area contributed by atoms with Gasteiger partial charge in [-0.25, -0.2) is 4.39 Å². The van der Waals surface area contributed by atoms with Crippen LogP contribution in [-0.2, 0) is 0 Å². The molecule has 1 rings (SSSR count). The van der Waals surface area contributed by atoms with E-state index in [2.05, 4.69) is 0 Å². The van der Waals surface area contributed by atoms with Gasteiger partial charge in [-0.2, -0.15) is 0 Å². The number of aliphatic hydroxyl groups excluding tert-OH is 1. The van der Waals surface area contributed by atoms with Crippen LogP contribution in [0.5, 0.6) is 0 Å². The summed E-state index contributed by atoms with van der Waals surface area (Å²) in [6, 6.07) is 4.83. The lowest BCUT2D eigenvalue weighted by Crippen LogP contribution is -2.01. The minimum atomic E-state index is -0.675. The Morgan fingerprint density at radius 1 is 1.50 bits per heavy atom. The maximum Gasteiger partial charge on any atom is 0.129 e.